The molecule has 0 saturated heterocycles. The van der Waals surface area contributed by atoms with Crippen molar-refractivity contribution in [2.45, 2.75) is 19.4 Å². The zero-order valence-electron chi connectivity index (χ0n) is 7.98. The Bertz CT molecular complexity index is 276. The Labute approximate surface area is 82.6 Å². The van der Waals surface area contributed by atoms with E-state index in [1.165, 1.54) is 0 Å². The Morgan fingerprint density at radius 3 is 2.57 bits per heavy atom. The van der Waals surface area contributed by atoms with E-state index in [0.29, 0.717) is 6.42 Å². The van der Waals surface area contributed by atoms with E-state index in [-0.39, 0.29) is 6.54 Å². The normalized spacial score (nSPS) is 13.4. The third kappa shape index (κ3) is 5.73. The standard InChI is InChI=1S/C6H14N2O5S/c1-3-5(9)4-7-14(11,12)8-6(10)13-2/h5,7,9H,3-4H2,1-2H3,(H,8,10). The van der Waals surface area contributed by atoms with Gasteiger partial charge in [0.15, 0.2) is 0 Å². The number of hydrogen-bond acceptors (Lipinski definition) is 5. The lowest BCUT2D eigenvalue weighted by atomic mass is 10.3. The molecule has 0 fully saturated rings. The van der Waals surface area contributed by atoms with Gasteiger partial charge in [-0.15, -0.1) is 0 Å². The quantitative estimate of drug-likeness (QED) is 0.554. The first-order valence-electron chi connectivity index (χ1n) is 3.94. The first-order valence-corrected chi connectivity index (χ1v) is 5.43. The summed E-state index contributed by atoms with van der Waals surface area (Å²) in [7, 11) is -2.89. The lowest BCUT2D eigenvalue weighted by Gasteiger charge is -2.10. The molecule has 84 valence electrons. The fourth-order valence-corrected chi connectivity index (χ4v) is 1.32. The van der Waals surface area contributed by atoms with Gasteiger partial charge in [0, 0.05) is 6.54 Å². The fraction of sp³-hybridized carbons (Fsp3) is 0.833. The highest BCUT2D eigenvalue weighted by atomic mass is 32.2. The van der Waals surface area contributed by atoms with E-state index < -0.39 is 22.4 Å². The Hall–Kier alpha value is -0.860. The maximum atomic E-state index is 11.0. The van der Waals surface area contributed by atoms with Crippen LogP contribution in [0.4, 0.5) is 4.79 Å². The first kappa shape index (κ1) is 13.1. The Morgan fingerprint density at radius 1 is 1.57 bits per heavy atom. The van der Waals surface area contributed by atoms with Gasteiger partial charge in [-0.25, -0.2) is 9.52 Å². The van der Waals surface area contributed by atoms with Crippen LogP contribution in [0.2, 0.25) is 0 Å². The number of hydrogen-bond donors (Lipinski definition) is 3. The van der Waals surface area contributed by atoms with Gasteiger partial charge in [-0.05, 0) is 6.42 Å². The summed E-state index contributed by atoms with van der Waals surface area (Å²) in [6, 6.07) is 0. The van der Waals surface area contributed by atoms with Gasteiger partial charge >= 0.3 is 16.3 Å². The van der Waals surface area contributed by atoms with Crippen LogP contribution in [0.25, 0.3) is 0 Å². The van der Waals surface area contributed by atoms with Gasteiger partial charge in [0.25, 0.3) is 0 Å². The van der Waals surface area contributed by atoms with Crippen LogP contribution in [-0.2, 0) is 14.9 Å². The minimum atomic E-state index is -3.93. The van der Waals surface area contributed by atoms with E-state index in [1.807, 2.05) is 4.72 Å². The lowest BCUT2D eigenvalue weighted by Crippen LogP contribution is -2.43. The van der Waals surface area contributed by atoms with Gasteiger partial charge in [-0.1, -0.05) is 6.92 Å². The second-order valence-corrected chi connectivity index (χ2v) is 4.01. The van der Waals surface area contributed by atoms with Crippen LogP contribution < -0.4 is 9.44 Å². The van der Waals surface area contributed by atoms with E-state index >= 15 is 0 Å². The van der Waals surface area contributed by atoms with E-state index in [1.54, 1.807) is 11.6 Å². The average Bonchev–Trinajstić information content (AvgIpc) is 2.13. The highest BCUT2D eigenvalue weighted by Gasteiger charge is 2.14. The zero-order chi connectivity index (χ0) is 11.2. The largest absolute Gasteiger partial charge is 0.452 e. The van der Waals surface area contributed by atoms with E-state index in [2.05, 4.69) is 4.74 Å². The summed E-state index contributed by atoms with van der Waals surface area (Å²) in [6.45, 7) is 1.55. The number of aliphatic hydroxyl groups excluding tert-OH is 1. The fourth-order valence-electron chi connectivity index (χ4n) is 0.538. The summed E-state index contributed by atoms with van der Waals surface area (Å²) < 4.78 is 29.6. The SMILES string of the molecule is CCC(O)CNS(=O)(=O)NC(=O)OC. The summed E-state index contributed by atoms with van der Waals surface area (Å²) in [5, 5.41) is 9.04. The number of carbonyl (C=O) groups is 1. The maximum absolute atomic E-state index is 11.0. The van der Waals surface area contributed by atoms with Gasteiger partial charge in [0.05, 0.1) is 13.2 Å². The van der Waals surface area contributed by atoms with Crippen LogP contribution in [0.1, 0.15) is 13.3 Å². The molecule has 1 atom stereocenters. The lowest BCUT2D eigenvalue weighted by molar-refractivity contribution is 0.172. The monoisotopic (exact) mass is 226 g/mol. The molecule has 0 spiro atoms. The van der Waals surface area contributed by atoms with Crippen LogP contribution in [0.3, 0.4) is 0 Å². The van der Waals surface area contributed by atoms with Crippen molar-refractivity contribution in [3.63, 3.8) is 0 Å². The summed E-state index contributed by atoms with van der Waals surface area (Å²) in [6.07, 6.45) is -1.44. The van der Waals surface area contributed by atoms with Crippen molar-refractivity contribution in [3.05, 3.63) is 0 Å². The molecule has 1 amide bonds. The summed E-state index contributed by atoms with van der Waals surface area (Å²) >= 11 is 0. The number of amides is 1. The van der Waals surface area contributed by atoms with E-state index in [4.69, 9.17) is 5.11 Å². The summed E-state index contributed by atoms with van der Waals surface area (Å²) in [5.74, 6) is 0. The van der Waals surface area contributed by atoms with E-state index in [9.17, 15) is 13.2 Å². The van der Waals surface area contributed by atoms with Crippen LogP contribution in [0.15, 0.2) is 0 Å². The number of methoxy groups -OCH3 is 1. The second-order valence-electron chi connectivity index (χ2n) is 2.51. The molecular formula is C6H14N2O5S. The molecule has 7 nitrogen and oxygen atoms in total. The molecule has 3 N–H and O–H groups in total. The van der Waals surface area contributed by atoms with Gasteiger partial charge in [-0.3, -0.25) is 0 Å². The van der Waals surface area contributed by atoms with Crippen molar-refractivity contribution in [1.82, 2.24) is 9.44 Å². The molecular weight excluding hydrogens is 212 g/mol. The maximum Gasteiger partial charge on any atom is 0.421 e. The molecule has 1 unspecified atom stereocenters. The third-order valence-electron chi connectivity index (χ3n) is 1.38. The van der Waals surface area contributed by atoms with Gasteiger partial charge in [0.1, 0.15) is 0 Å². The second kappa shape index (κ2) is 5.78. The molecule has 14 heavy (non-hydrogen) atoms. The molecule has 0 radical (unpaired) electrons. The van der Waals surface area contributed by atoms with Crippen LogP contribution in [-0.4, -0.2) is 39.4 Å². The Morgan fingerprint density at radius 2 is 2.14 bits per heavy atom. The molecule has 0 rings (SSSR count). The predicted octanol–water partition coefficient (Wildman–Crippen LogP) is -1.05. The highest BCUT2D eigenvalue weighted by Crippen LogP contribution is 1.88. The number of nitrogens with one attached hydrogen (secondary N) is 2. The summed E-state index contributed by atoms with van der Waals surface area (Å²) in [5.41, 5.74) is 0. The summed E-state index contributed by atoms with van der Waals surface area (Å²) in [4.78, 5) is 10.5. The van der Waals surface area contributed by atoms with Crippen molar-refractivity contribution in [2.24, 2.45) is 0 Å². The number of carbonyl (C=O) groups excluding carboxylic acids is 1. The van der Waals surface area contributed by atoms with Gasteiger partial charge in [0.2, 0.25) is 0 Å². The van der Waals surface area contributed by atoms with Gasteiger partial charge in [-0.2, -0.15) is 13.1 Å². The topological polar surface area (TPSA) is 105 Å². The van der Waals surface area contributed by atoms with Crippen molar-refractivity contribution < 1.29 is 23.1 Å². The molecule has 0 aromatic heterocycles. The van der Waals surface area contributed by atoms with Crippen LogP contribution in [0.5, 0.6) is 0 Å². The molecule has 0 aromatic rings. The molecule has 0 aliphatic carbocycles. The van der Waals surface area contributed by atoms with Crippen molar-refractivity contribution >= 4 is 16.3 Å². The Kier molecular flexibility index (Phi) is 5.43. The molecule has 0 aliphatic rings. The highest BCUT2D eigenvalue weighted by molar-refractivity contribution is 7.88. The number of rotatable bonds is 5. The van der Waals surface area contributed by atoms with E-state index in [0.717, 1.165) is 7.11 Å². The smallest absolute Gasteiger partial charge is 0.421 e. The number of aliphatic hydroxyl groups is 1. The molecule has 8 heteroatoms. The Balaban J connectivity index is 4.03. The minimum Gasteiger partial charge on any atom is -0.452 e. The van der Waals surface area contributed by atoms with Crippen molar-refractivity contribution in [3.8, 4) is 0 Å². The van der Waals surface area contributed by atoms with Crippen LogP contribution >= 0.6 is 0 Å². The minimum absolute atomic E-state index is 0.150. The average molecular weight is 226 g/mol. The van der Waals surface area contributed by atoms with Gasteiger partial charge < -0.3 is 9.84 Å². The van der Waals surface area contributed by atoms with Crippen LogP contribution in [0, 0.1) is 0 Å². The molecule has 0 saturated carbocycles. The molecule has 0 aromatic carbocycles. The number of ether oxygens (including phenoxy) is 1. The third-order valence-corrected chi connectivity index (χ3v) is 2.37. The molecule has 0 bridgehead atoms. The van der Waals surface area contributed by atoms with Crippen molar-refractivity contribution in [1.29, 1.82) is 0 Å². The van der Waals surface area contributed by atoms with Crippen molar-refractivity contribution in [2.75, 3.05) is 13.7 Å². The first-order chi connectivity index (χ1) is 6.41. The molecule has 0 aliphatic heterocycles. The molecule has 0 heterocycles. The predicted molar refractivity (Wildman–Crippen MR) is 48.8 cm³/mol. The zero-order valence-corrected chi connectivity index (χ0v) is 8.80.